The molecular weight excluding hydrogens is 470 g/mol. The van der Waals surface area contributed by atoms with Crippen molar-refractivity contribution in [2.45, 2.75) is 56.9 Å². The van der Waals surface area contributed by atoms with E-state index in [9.17, 15) is 23.5 Å². The quantitative estimate of drug-likeness (QED) is 0.331. The number of aromatic nitrogens is 2. The van der Waals surface area contributed by atoms with E-state index in [0.717, 1.165) is 4.57 Å². The van der Waals surface area contributed by atoms with Gasteiger partial charge in [0, 0.05) is 35.0 Å². The molecule has 182 valence electrons. The van der Waals surface area contributed by atoms with Crippen molar-refractivity contribution in [2.24, 2.45) is 5.73 Å². The molecule has 0 radical (unpaired) electrons. The second-order valence-corrected chi connectivity index (χ2v) is 9.17. The number of esters is 1. The number of hydrogen-bond acceptors (Lipinski definition) is 6. The summed E-state index contributed by atoms with van der Waals surface area (Å²) in [6.07, 6.45) is -1.28. The molecule has 2 aromatic heterocycles. The first-order valence-corrected chi connectivity index (χ1v) is 11.1. The monoisotopic (exact) mass is 489 g/mol. The molecule has 4 heterocycles. The van der Waals surface area contributed by atoms with E-state index in [1.165, 1.54) is 25.1 Å². The Hall–Kier alpha value is -3.31. The molecule has 35 heavy (non-hydrogen) atoms. The van der Waals surface area contributed by atoms with E-state index in [1.807, 2.05) is 0 Å². The van der Waals surface area contributed by atoms with E-state index >= 15 is 8.78 Å². The number of rotatable bonds is 2. The lowest BCUT2D eigenvalue weighted by Gasteiger charge is -2.35. The number of aliphatic hydroxyl groups is 1. The summed E-state index contributed by atoms with van der Waals surface area (Å²) in [6, 6.07) is 4.29. The minimum Gasteiger partial charge on any atom is -0.458 e. The topological polar surface area (TPSA) is 107 Å². The smallest absolute Gasteiger partial charge is 0.343 e. The number of carbonyl (C=O) groups is 1. The average Bonchev–Trinajstić information content (AvgIpc) is 3.18. The molecule has 0 amide bonds. The number of alkyl halides is 4. The van der Waals surface area contributed by atoms with Gasteiger partial charge in [0.2, 0.25) is 0 Å². The van der Waals surface area contributed by atoms with Crippen LogP contribution in [0.2, 0.25) is 0 Å². The van der Waals surface area contributed by atoms with Crippen LogP contribution in [0.5, 0.6) is 0 Å². The van der Waals surface area contributed by atoms with Gasteiger partial charge < -0.3 is 20.1 Å². The highest BCUT2D eigenvalue weighted by Crippen LogP contribution is 2.55. The highest BCUT2D eigenvalue weighted by Gasteiger charge is 2.62. The summed E-state index contributed by atoms with van der Waals surface area (Å²) in [6.45, 7) is 0.613. The second kappa shape index (κ2) is 6.67. The molecule has 0 unspecified atom stereocenters. The molecule has 1 atom stereocenters. The molecule has 7 nitrogen and oxygen atoms in total. The highest BCUT2D eigenvalue weighted by atomic mass is 19.3. The van der Waals surface area contributed by atoms with Crippen LogP contribution in [0.1, 0.15) is 46.7 Å². The second-order valence-electron chi connectivity index (χ2n) is 9.17. The molecule has 0 spiro atoms. The third-order valence-corrected chi connectivity index (χ3v) is 7.45. The summed E-state index contributed by atoms with van der Waals surface area (Å²) in [5.74, 6) is -9.83. The van der Waals surface area contributed by atoms with Gasteiger partial charge in [0.05, 0.1) is 29.0 Å². The number of pyridine rings is 2. The van der Waals surface area contributed by atoms with Crippen molar-refractivity contribution in [3.05, 3.63) is 61.9 Å². The molecular formula is C24H19F4N3O4. The number of fused-ring (bicyclic) bond motifs is 5. The maximum absolute atomic E-state index is 15.4. The first-order valence-electron chi connectivity index (χ1n) is 11.1. The van der Waals surface area contributed by atoms with E-state index in [2.05, 4.69) is 4.98 Å². The normalized spacial score (nSPS) is 23.0. The van der Waals surface area contributed by atoms with Crippen LogP contribution in [0, 0.1) is 0 Å². The van der Waals surface area contributed by atoms with E-state index in [4.69, 9.17) is 10.5 Å². The van der Waals surface area contributed by atoms with Crippen LogP contribution >= 0.6 is 0 Å². The van der Waals surface area contributed by atoms with Gasteiger partial charge in [-0.2, -0.15) is 17.6 Å². The van der Waals surface area contributed by atoms with Crippen LogP contribution in [0.4, 0.5) is 17.6 Å². The maximum Gasteiger partial charge on any atom is 0.343 e. The summed E-state index contributed by atoms with van der Waals surface area (Å²) in [7, 11) is 0. The summed E-state index contributed by atoms with van der Waals surface area (Å²) >= 11 is 0. The first kappa shape index (κ1) is 22.2. The fraction of sp³-hybridized carbons (Fsp3) is 0.375. The molecule has 0 saturated heterocycles. The van der Waals surface area contributed by atoms with Gasteiger partial charge in [-0.15, -0.1) is 0 Å². The fourth-order valence-corrected chi connectivity index (χ4v) is 5.54. The number of carbonyl (C=O) groups excluding carboxylic acids is 1. The SMILES string of the molecule is CC[C@@]1(O)C(=O)OCc2c1cc1n(c2=O)Cc2c-1nc1ccc(CN)c3c1c2C(F)(F)C(F)(F)C3. The molecule has 2 aliphatic heterocycles. The Morgan fingerprint density at radius 1 is 1.17 bits per heavy atom. The summed E-state index contributed by atoms with van der Waals surface area (Å²) in [5, 5.41) is 10.9. The van der Waals surface area contributed by atoms with Gasteiger partial charge in [-0.05, 0) is 29.7 Å². The lowest BCUT2D eigenvalue weighted by Crippen LogP contribution is -2.44. The zero-order valence-corrected chi connectivity index (χ0v) is 18.4. The first-order chi connectivity index (χ1) is 16.5. The Labute approximate surface area is 195 Å². The molecule has 0 saturated carbocycles. The van der Waals surface area contributed by atoms with Crippen LogP contribution in [-0.4, -0.2) is 26.5 Å². The van der Waals surface area contributed by atoms with Crippen LogP contribution in [-0.2, 0) is 47.2 Å². The Morgan fingerprint density at radius 3 is 2.60 bits per heavy atom. The van der Waals surface area contributed by atoms with Crippen LogP contribution in [0.3, 0.4) is 0 Å². The van der Waals surface area contributed by atoms with Crippen molar-refractivity contribution in [3.63, 3.8) is 0 Å². The number of nitrogens with two attached hydrogens (primary N) is 1. The Kier molecular flexibility index (Phi) is 4.23. The van der Waals surface area contributed by atoms with Gasteiger partial charge in [-0.25, -0.2) is 9.78 Å². The predicted octanol–water partition coefficient (Wildman–Crippen LogP) is 2.82. The van der Waals surface area contributed by atoms with E-state index in [0.29, 0.717) is 5.56 Å². The van der Waals surface area contributed by atoms with Gasteiger partial charge >= 0.3 is 17.8 Å². The predicted molar refractivity (Wildman–Crippen MR) is 115 cm³/mol. The van der Waals surface area contributed by atoms with E-state index < -0.39 is 54.1 Å². The number of nitrogens with zero attached hydrogens (tertiary/aromatic N) is 2. The number of ether oxygens (including phenoxy) is 1. The largest absolute Gasteiger partial charge is 0.458 e. The third kappa shape index (κ3) is 2.54. The molecule has 6 rings (SSSR count). The van der Waals surface area contributed by atoms with Crippen molar-refractivity contribution < 1.29 is 32.2 Å². The van der Waals surface area contributed by atoms with Crippen molar-refractivity contribution in [3.8, 4) is 11.4 Å². The fourth-order valence-electron chi connectivity index (χ4n) is 5.54. The zero-order chi connectivity index (χ0) is 25.1. The van der Waals surface area contributed by atoms with E-state index in [-0.39, 0.29) is 57.5 Å². The molecule has 1 aromatic carbocycles. The van der Waals surface area contributed by atoms with Gasteiger partial charge in [0.25, 0.3) is 5.56 Å². The Morgan fingerprint density at radius 2 is 1.91 bits per heavy atom. The van der Waals surface area contributed by atoms with Gasteiger partial charge in [-0.1, -0.05) is 13.0 Å². The average molecular weight is 489 g/mol. The number of benzene rings is 1. The van der Waals surface area contributed by atoms with Crippen molar-refractivity contribution >= 4 is 16.9 Å². The molecule has 3 aliphatic rings. The molecule has 3 N–H and O–H groups in total. The molecule has 3 aromatic rings. The van der Waals surface area contributed by atoms with Crippen LogP contribution in [0.15, 0.2) is 23.0 Å². The molecule has 11 heteroatoms. The number of cyclic esters (lactones) is 1. The zero-order valence-electron chi connectivity index (χ0n) is 18.4. The molecule has 0 fully saturated rings. The molecule has 0 bridgehead atoms. The van der Waals surface area contributed by atoms with Crippen molar-refractivity contribution in [2.75, 3.05) is 0 Å². The van der Waals surface area contributed by atoms with Crippen LogP contribution in [0.25, 0.3) is 22.3 Å². The maximum atomic E-state index is 15.4. The summed E-state index contributed by atoms with van der Waals surface area (Å²) in [5.41, 5.74) is 2.32. The molecule has 1 aliphatic carbocycles. The van der Waals surface area contributed by atoms with Crippen molar-refractivity contribution in [1.82, 2.24) is 9.55 Å². The number of halogens is 4. The van der Waals surface area contributed by atoms with Gasteiger partial charge in [0.15, 0.2) is 5.60 Å². The number of hydrogen-bond donors (Lipinski definition) is 2. The Balaban J connectivity index is 1.72. The summed E-state index contributed by atoms with van der Waals surface area (Å²) in [4.78, 5) is 30.1. The minimum atomic E-state index is -4.52. The lowest BCUT2D eigenvalue weighted by molar-refractivity contribution is -0.217. The van der Waals surface area contributed by atoms with Gasteiger partial charge in [-0.3, -0.25) is 4.79 Å². The Bertz CT molecular complexity index is 1550. The van der Waals surface area contributed by atoms with Gasteiger partial charge in [0.1, 0.15) is 6.61 Å². The lowest BCUT2D eigenvalue weighted by atomic mass is 9.80. The minimum absolute atomic E-state index is 0.00639. The van der Waals surface area contributed by atoms with Crippen LogP contribution < -0.4 is 11.3 Å². The summed E-state index contributed by atoms with van der Waals surface area (Å²) < 4.78 is 66.6. The highest BCUT2D eigenvalue weighted by molar-refractivity contribution is 5.93. The standard InChI is InChI=1S/C24H19F4N3O4/c1-2-22(34)14-5-16-19-12(8-31(16)20(32)13(14)9-35-21(22)33)18-17-11(6-23(25,26)24(18,27)28)10(7-29)3-4-15(17)30-19/h3-5,34H,2,6-9,29H2,1H3/t22-/m0/s1. The third-order valence-electron chi connectivity index (χ3n) is 7.45. The van der Waals surface area contributed by atoms with Crippen molar-refractivity contribution in [1.29, 1.82) is 0 Å². The van der Waals surface area contributed by atoms with E-state index in [1.54, 1.807) is 0 Å².